The van der Waals surface area contributed by atoms with Crippen LogP contribution in [0.4, 0.5) is 0 Å². The summed E-state index contributed by atoms with van der Waals surface area (Å²) in [6.45, 7) is 1.10. The molecule has 2 N–H and O–H groups in total. The van der Waals surface area contributed by atoms with E-state index in [1.807, 2.05) is 0 Å². The van der Waals surface area contributed by atoms with Crippen LogP contribution >= 0.6 is 0 Å². The first kappa shape index (κ1) is 10.8. The zero-order chi connectivity index (χ0) is 5.15. The summed E-state index contributed by atoms with van der Waals surface area (Å²) in [6.07, 6.45) is -1.79. The van der Waals surface area contributed by atoms with E-state index in [-0.39, 0.29) is 37.7 Å². The third-order valence-corrected chi connectivity index (χ3v) is 0.364. The first-order chi connectivity index (χ1) is 2.64. The molecule has 4 heteroatoms. The number of aliphatic hydroxyl groups is 2. The molecule has 0 aromatic carbocycles. The van der Waals surface area contributed by atoms with Crippen molar-refractivity contribution in [2.45, 2.75) is 13.2 Å². The van der Waals surface area contributed by atoms with Crippen LogP contribution in [-0.4, -0.2) is 60.0 Å². The van der Waals surface area contributed by atoms with Gasteiger partial charge in [-0.2, -0.15) is 0 Å². The van der Waals surface area contributed by atoms with Gasteiger partial charge in [0.1, 0.15) is 0 Å². The van der Waals surface area contributed by atoms with E-state index in [4.69, 9.17) is 10.2 Å². The summed E-state index contributed by atoms with van der Waals surface area (Å²) in [5.74, 6) is -0.630. The predicted molar refractivity (Wildman–Crippen MR) is 27.5 cm³/mol. The molecule has 7 heavy (non-hydrogen) atoms. The molecule has 0 aliphatic carbocycles. The number of rotatable bonds is 1. The Balaban J connectivity index is 0. The van der Waals surface area contributed by atoms with Crippen molar-refractivity contribution in [3.8, 4) is 0 Å². The van der Waals surface area contributed by atoms with Gasteiger partial charge in [0.2, 0.25) is 6.29 Å². The molecule has 0 rings (SSSR count). The molecule has 0 unspecified atom stereocenters. The molecule has 0 saturated carbocycles. The monoisotopic (exact) mass is 132 g/mol. The van der Waals surface area contributed by atoms with Gasteiger partial charge in [-0.1, -0.05) is 0 Å². The third-order valence-electron chi connectivity index (χ3n) is 0.364. The van der Waals surface area contributed by atoms with Crippen LogP contribution in [-0.2, 0) is 4.79 Å². The third kappa shape index (κ3) is 6.85. The minimum absolute atomic E-state index is 0. The van der Waals surface area contributed by atoms with E-state index in [1.54, 1.807) is 0 Å². The first-order valence-electron chi connectivity index (χ1n) is 1.51. The van der Waals surface area contributed by atoms with Crippen molar-refractivity contribution in [2.75, 3.05) is 0 Å². The molecule has 0 amide bonds. The van der Waals surface area contributed by atoms with Gasteiger partial charge in [-0.05, 0) is 6.92 Å². The van der Waals surface area contributed by atoms with Gasteiger partial charge in [0, 0.05) is 0 Å². The van der Waals surface area contributed by atoms with E-state index in [2.05, 4.69) is 0 Å². The van der Waals surface area contributed by atoms with Crippen molar-refractivity contribution in [3.05, 3.63) is 0 Å². The van der Waals surface area contributed by atoms with E-state index >= 15 is 0 Å². The number of carbonyl (C=O) groups excluding carboxylic acids is 1. The Kier molecular flexibility index (Phi) is 7.68. The first-order valence-corrected chi connectivity index (χ1v) is 1.51. The average Bonchev–Trinajstić information content (AvgIpc) is 1.36. The Labute approximate surface area is 71.3 Å². The van der Waals surface area contributed by atoms with E-state index in [1.165, 1.54) is 0 Å². The summed E-state index contributed by atoms with van der Waals surface area (Å²) >= 11 is 0. The fourth-order valence-corrected chi connectivity index (χ4v) is 0. The fraction of sp³-hybridized carbons (Fsp3) is 0.667. The number of carbonyl (C=O) groups is 1. The second-order valence-corrected chi connectivity index (χ2v) is 0.984. The number of ketones is 1. The second-order valence-electron chi connectivity index (χ2n) is 0.984. The Bertz CT molecular complexity index is 61.2. The maximum absolute atomic E-state index is 9.64. The Morgan fingerprint density at radius 2 is 1.71 bits per heavy atom. The van der Waals surface area contributed by atoms with Crippen LogP contribution < -0.4 is 0 Å². The number of aliphatic hydroxyl groups excluding tert-OH is 1. The quantitative estimate of drug-likeness (QED) is 0.319. The maximum atomic E-state index is 9.64. The van der Waals surface area contributed by atoms with Gasteiger partial charge in [-0.3, -0.25) is 4.79 Å². The van der Waals surface area contributed by atoms with E-state index < -0.39 is 12.1 Å². The minimum atomic E-state index is -1.79. The molecule has 40 valence electrons. The summed E-state index contributed by atoms with van der Waals surface area (Å²) in [6, 6.07) is 0. The SMILES string of the molecule is CC(=O)C(O)O.[CaH2]. The number of hydrogen-bond acceptors (Lipinski definition) is 3. The Morgan fingerprint density at radius 3 is 1.71 bits per heavy atom. The molecule has 0 spiro atoms. The van der Waals surface area contributed by atoms with Gasteiger partial charge in [-0.15, -0.1) is 0 Å². The van der Waals surface area contributed by atoms with Crippen LogP contribution in [0.3, 0.4) is 0 Å². The summed E-state index contributed by atoms with van der Waals surface area (Å²) in [7, 11) is 0. The van der Waals surface area contributed by atoms with Crippen LogP contribution in [0.5, 0.6) is 0 Å². The van der Waals surface area contributed by atoms with Crippen LogP contribution in [0, 0.1) is 0 Å². The average molecular weight is 132 g/mol. The van der Waals surface area contributed by atoms with Gasteiger partial charge in [0.05, 0.1) is 0 Å². The van der Waals surface area contributed by atoms with Crippen molar-refractivity contribution in [2.24, 2.45) is 0 Å². The van der Waals surface area contributed by atoms with Crippen LogP contribution in [0.2, 0.25) is 0 Å². The molecule has 0 radical (unpaired) electrons. The molecular formula is C3H8CaO3. The second kappa shape index (κ2) is 5.00. The summed E-state index contributed by atoms with van der Waals surface area (Å²) in [4.78, 5) is 9.64. The Hall–Kier alpha value is 0.850. The van der Waals surface area contributed by atoms with Crippen LogP contribution in [0.15, 0.2) is 0 Å². The van der Waals surface area contributed by atoms with Crippen molar-refractivity contribution >= 4 is 43.5 Å². The number of Topliss-reactive ketones (excluding diaryl/α,β-unsaturated/α-hetero) is 1. The zero-order valence-electron chi connectivity index (χ0n) is 3.38. The van der Waals surface area contributed by atoms with E-state index in [9.17, 15) is 4.79 Å². The van der Waals surface area contributed by atoms with E-state index in [0.29, 0.717) is 0 Å². The zero-order valence-corrected chi connectivity index (χ0v) is 3.38. The molecule has 0 aromatic heterocycles. The standard InChI is InChI=1S/C3H6O3.Ca.2H/c1-2(4)3(5)6;;;/h3,5-6H,1H3;;;. The van der Waals surface area contributed by atoms with Gasteiger partial charge in [-0.25, -0.2) is 0 Å². The molecule has 0 saturated heterocycles. The molecule has 0 aromatic rings. The molecular weight excluding hydrogens is 124 g/mol. The van der Waals surface area contributed by atoms with Gasteiger partial charge < -0.3 is 10.2 Å². The van der Waals surface area contributed by atoms with Crippen LogP contribution in [0.1, 0.15) is 6.92 Å². The van der Waals surface area contributed by atoms with Crippen molar-refractivity contribution < 1.29 is 15.0 Å². The summed E-state index contributed by atoms with van der Waals surface area (Å²) in [5.41, 5.74) is 0. The molecule has 3 nitrogen and oxygen atoms in total. The van der Waals surface area contributed by atoms with Crippen molar-refractivity contribution in [3.63, 3.8) is 0 Å². The molecule has 0 bridgehead atoms. The number of hydrogen-bond donors (Lipinski definition) is 2. The summed E-state index contributed by atoms with van der Waals surface area (Å²) in [5, 5.41) is 15.7. The normalized spacial score (nSPS) is 8.00. The van der Waals surface area contributed by atoms with Crippen molar-refractivity contribution in [1.29, 1.82) is 0 Å². The molecule has 0 atom stereocenters. The summed E-state index contributed by atoms with van der Waals surface area (Å²) < 4.78 is 0. The van der Waals surface area contributed by atoms with Gasteiger partial charge in [0.25, 0.3) is 0 Å². The predicted octanol–water partition coefficient (Wildman–Crippen LogP) is -2.03. The van der Waals surface area contributed by atoms with Gasteiger partial charge in [0.15, 0.2) is 5.78 Å². The van der Waals surface area contributed by atoms with Gasteiger partial charge >= 0.3 is 37.7 Å². The van der Waals surface area contributed by atoms with E-state index in [0.717, 1.165) is 6.92 Å². The van der Waals surface area contributed by atoms with Crippen molar-refractivity contribution in [1.82, 2.24) is 0 Å². The Morgan fingerprint density at radius 1 is 1.57 bits per heavy atom. The molecule has 0 fully saturated rings. The molecule has 0 aliphatic rings. The topological polar surface area (TPSA) is 57.5 Å². The molecule has 0 heterocycles. The fourth-order valence-electron chi connectivity index (χ4n) is 0. The van der Waals surface area contributed by atoms with Crippen LogP contribution in [0.25, 0.3) is 0 Å². The molecule has 0 aliphatic heterocycles.